The summed E-state index contributed by atoms with van der Waals surface area (Å²) in [5.74, 6) is 1.79. The van der Waals surface area contributed by atoms with Crippen molar-refractivity contribution in [2.24, 2.45) is 0 Å². The highest BCUT2D eigenvalue weighted by atomic mass is 16.5. The van der Waals surface area contributed by atoms with Crippen LogP contribution in [0.15, 0.2) is 61.2 Å². The minimum atomic E-state index is 0.650. The minimum absolute atomic E-state index is 0.650. The van der Waals surface area contributed by atoms with Crippen LogP contribution in [-0.2, 0) is 17.8 Å². The molecule has 0 aromatic carbocycles. The maximum atomic E-state index is 5.44. The zero-order chi connectivity index (χ0) is 18.3. The van der Waals surface area contributed by atoms with Gasteiger partial charge in [0.25, 0.3) is 0 Å². The Morgan fingerprint density at radius 2 is 1.52 bits per heavy atom. The number of hydrogen-bond donors (Lipinski definition) is 0. The van der Waals surface area contributed by atoms with Crippen molar-refractivity contribution >= 4 is 11.6 Å². The van der Waals surface area contributed by atoms with Gasteiger partial charge >= 0.3 is 0 Å². The average Bonchev–Trinajstić information content (AvgIpc) is 2.75. The molecule has 7 heteroatoms. The monoisotopic (exact) mass is 362 g/mol. The van der Waals surface area contributed by atoms with Crippen molar-refractivity contribution in [2.75, 3.05) is 36.1 Å². The van der Waals surface area contributed by atoms with Crippen LogP contribution in [0.3, 0.4) is 0 Å². The summed E-state index contributed by atoms with van der Waals surface area (Å²) in [7, 11) is 0. The average molecular weight is 362 g/mol. The molecule has 0 saturated carbocycles. The van der Waals surface area contributed by atoms with E-state index < -0.39 is 0 Å². The Labute approximate surface area is 158 Å². The van der Waals surface area contributed by atoms with E-state index in [1.165, 1.54) is 0 Å². The van der Waals surface area contributed by atoms with E-state index in [2.05, 4.69) is 29.7 Å². The lowest BCUT2D eigenvalue weighted by molar-refractivity contribution is 0.122. The number of anilines is 2. The summed E-state index contributed by atoms with van der Waals surface area (Å²) in [5, 5.41) is 0. The van der Waals surface area contributed by atoms with Crippen LogP contribution in [0.5, 0.6) is 0 Å². The molecule has 0 unspecified atom stereocenters. The molecule has 1 aliphatic rings. The van der Waals surface area contributed by atoms with Crippen LogP contribution in [0.25, 0.3) is 0 Å². The maximum Gasteiger partial charge on any atom is 0.134 e. The highest BCUT2D eigenvalue weighted by Gasteiger charge is 2.16. The predicted molar refractivity (Wildman–Crippen MR) is 103 cm³/mol. The Kier molecular flexibility index (Phi) is 5.50. The highest BCUT2D eigenvalue weighted by Crippen LogP contribution is 2.21. The summed E-state index contributed by atoms with van der Waals surface area (Å²) in [6, 6.07) is 13.9. The quantitative estimate of drug-likeness (QED) is 0.666. The first-order chi connectivity index (χ1) is 13.4. The third-order valence-electron chi connectivity index (χ3n) is 4.46. The summed E-state index contributed by atoms with van der Waals surface area (Å²) in [6.45, 7) is 4.44. The zero-order valence-corrected chi connectivity index (χ0v) is 15.1. The van der Waals surface area contributed by atoms with Gasteiger partial charge in [0.1, 0.15) is 18.0 Å². The summed E-state index contributed by atoms with van der Waals surface area (Å²) in [4.78, 5) is 22.3. The smallest absolute Gasteiger partial charge is 0.134 e. The van der Waals surface area contributed by atoms with Crippen molar-refractivity contribution in [2.45, 2.75) is 13.1 Å². The summed E-state index contributed by atoms with van der Waals surface area (Å²) >= 11 is 0. The fourth-order valence-electron chi connectivity index (χ4n) is 3.07. The van der Waals surface area contributed by atoms with E-state index in [9.17, 15) is 0 Å². The Balaban J connectivity index is 1.61. The molecule has 0 amide bonds. The Morgan fingerprint density at radius 1 is 0.852 bits per heavy atom. The second-order valence-corrected chi connectivity index (χ2v) is 6.33. The molecule has 7 nitrogen and oxygen atoms in total. The van der Waals surface area contributed by atoms with Crippen LogP contribution in [0.2, 0.25) is 0 Å². The lowest BCUT2D eigenvalue weighted by Gasteiger charge is -2.29. The van der Waals surface area contributed by atoms with E-state index in [0.29, 0.717) is 13.1 Å². The fraction of sp³-hybridized carbons (Fsp3) is 0.300. The largest absolute Gasteiger partial charge is 0.378 e. The molecule has 1 fully saturated rings. The van der Waals surface area contributed by atoms with E-state index in [4.69, 9.17) is 4.74 Å². The van der Waals surface area contributed by atoms with E-state index in [0.717, 1.165) is 49.3 Å². The third kappa shape index (κ3) is 4.57. The van der Waals surface area contributed by atoms with E-state index >= 15 is 0 Å². The van der Waals surface area contributed by atoms with Crippen LogP contribution < -0.4 is 9.80 Å². The molecule has 0 bridgehead atoms. The number of hydrogen-bond acceptors (Lipinski definition) is 7. The van der Waals surface area contributed by atoms with Gasteiger partial charge in [-0.15, -0.1) is 0 Å². The van der Waals surface area contributed by atoms with Crippen molar-refractivity contribution in [3.63, 3.8) is 0 Å². The molecule has 1 aliphatic heterocycles. The first-order valence-electron chi connectivity index (χ1n) is 9.08. The minimum Gasteiger partial charge on any atom is -0.378 e. The van der Waals surface area contributed by atoms with E-state index in [-0.39, 0.29) is 0 Å². The molecule has 138 valence electrons. The van der Waals surface area contributed by atoms with Crippen LogP contribution >= 0.6 is 0 Å². The number of rotatable bonds is 6. The van der Waals surface area contributed by atoms with Gasteiger partial charge in [-0.3, -0.25) is 9.97 Å². The molecule has 1 saturated heterocycles. The first-order valence-corrected chi connectivity index (χ1v) is 9.08. The zero-order valence-electron chi connectivity index (χ0n) is 15.1. The van der Waals surface area contributed by atoms with Crippen molar-refractivity contribution in [1.82, 2.24) is 19.9 Å². The van der Waals surface area contributed by atoms with Gasteiger partial charge < -0.3 is 14.5 Å². The van der Waals surface area contributed by atoms with Gasteiger partial charge in [-0.05, 0) is 24.3 Å². The van der Waals surface area contributed by atoms with Gasteiger partial charge in [-0.1, -0.05) is 12.1 Å². The molecule has 3 aromatic heterocycles. The second-order valence-electron chi connectivity index (χ2n) is 6.33. The number of ether oxygens (including phenoxy) is 1. The second kappa shape index (κ2) is 8.55. The molecule has 4 rings (SSSR count). The Morgan fingerprint density at radius 3 is 2.11 bits per heavy atom. The number of aromatic nitrogens is 4. The number of morpholine rings is 1. The standard InChI is InChI=1S/C20H22N6O/c1-3-7-21-17(5-1)14-26(15-18-6-2-4-8-22-18)20-13-19(23-16-24-20)25-9-11-27-12-10-25/h1-8,13,16H,9-12,14-15H2. The molecule has 0 aliphatic carbocycles. The van der Waals surface area contributed by atoms with Crippen LogP contribution in [-0.4, -0.2) is 46.2 Å². The van der Waals surface area contributed by atoms with E-state index in [1.54, 1.807) is 6.33 Å². The van der Waals surface area contributed by atoms with Crippen molar-refractivity contribution in [1.29, 1.82) is 0 Å². The van der Waals surface area contributed by atoms with Crippen LogP contribution in [0, 0.1) is 0 Å². The SMILES string of the molecule is c1ccc(CN(Cc2ccccn2)c2cc(N3CCOCC3)ncn2)nc1. The van der Waals surface area contributed by atoms with Crippen molar-refractivity contribution < 1.29 is 4.74 Å². The van der Waals surface area contributed by atoms with Crippen LogP contribution in [0.4, 0.5) is 11.6 Å². The number of nitrogens with zero attached hydrogens (tertiary/aromatic N) is 6. The first kappa shape index (κ1) is 17.4. The highest BCUT2D eigenvalue weighted by molar-refractivity contribution is 5.50. The topological polar surface area (TPSA) is 67.3 Å². The fourth-order valence-corrected chi connectivity index (χ4v) is 3.07. The Bertz CT molecular complexity index is 798. The van der Waals surface area contributed by atoms with Crippen molar-refractivity contribution in [3.05, 3.63) is 72.6 Å². The van der Waals surface area contributed by atoms with Gasteiger partial charge in [0.15, 0.2) is 0 Å². The summed E-state index contributed by atoms with van der Waals surface area (Å²) in [5.41, 5.74) is 1.97. The Hall–Kier alpha value is -3.06. The molecule has 0 atom stereocenters. The lowest BCUT2D eigenvalue weighted by Crippen LogP contribution is -2.37. The molecule has 0 spiro atoms. The molecule has 0 N–H and O–H groups in total. The lowest BCUT2D eigenvalue weighted by atomic mass is 10.2. The molecule has 27 heavy (non-hydrogen) atoms. The molecule has 4 heterocycles. The summed E-state index contributed by atoms with van der Waals surface area (Å²) < 4.78 is 5.44. The van der Waals surface area contributed by atoms with Gasteiger partial charge in [0, 0.05) is 31.5 Å². The maximum absolute atomic E-state index is 5.44. The van der Waals surface area contributed by atoms with Gasteiger partial charge in [0.05, 0.1) is 37.7 Å². The normalized spacial score (nSPS) is 14.1. The molecule has 0 radical (unpaired) electrons. The third-order valence-corrected chi connectivity index (χ3v) is 4.46. The van der Waals surface area contributed by atoms with E-state index in [1.807, 2.05) is 54.9 Å². The molecular formula is C20H22N6O. The van der Waals surface area contributed by atoms with Crippen LogP contribution in [0.1, 0.15) is 11.4 Å². The number of pyridine rings is 2. The molecular weight excluding hydrogens is 340 g/mol. The van der Waals surface area contributed by atoms with Crippen molar-refractivity contribution in [3.8, 4) is 0 Å². The predicted octanol–water partition coefficient (Wildman–Crippen LogP) is 2.31. The summed E-state index contributed by atoms with van der Waals surface area (Å²) in [6.07, 6.45) is 5.25. The van der Waals surface area contributed by atoms with Gasteiger partial charge in [-0.25, -0.2) is 9.97 Å². The molecule has 3 aromatic rings. The van der Waals surface area contributed by atoms with Gasteiger partial charge in [0.2, 0.25) is 0 Å². The van der Waals surface area contributed by atoms with Gasteiger partial charge in [-0.2, -0.15) is 0 Å².